The highest BCUT2D eigenvalue weighted by Gasteiger charge is 2.29. The van der Waals surface area contributed by atoms with Gasteiger partial charge in [0.1, 0.15) is 29.0 Å². The Hall–Kier alpha value is -2.32. The summed E-state index contributed by atoms with van der Waals surface area (Å²) in [5.74, 6) is 0.710. The largest absolute Gasteiger partial charge is 0.340 e. The molecule has 2 aromatic heterocycles. The van der Waals surface area contributed by atoms with E-state index in [4.69, 9.17) is 11.6 Å². The fraction of sp³-hybridized carbons (Fsp3) is 0.235. The Balaban J connectivity index is 1.90. The van der Waals surface area contributed by atoms with E-state index < -0.39 is 16.8 Å². The Kier molecular flexibility index (Phi) is 4.46. The average molecular weight is 392 g/mol. The van der Waals surface area contributed by atoms with Crippen molar-refractivity contribution < 1.29 is 8.60 Å². The van der Waals surface area contributed by atoms with Gasteiger partial charge in [-0.15, -0.1) is 0 Å². The fourth-order valence-corrected chi connectivity index (χ4v) is 3.52. The maximum atomic E-state index is 14.2. The van der Waals surface area contributed by atoms with Crippen LogP contribution in [-0.2, 0) is 11.0 Å². The van der Waals surface area contributed by atoms with Crippen LogP contribution in [0, 0.1) is 5.82 Å². The average Bonchev–Trinajstić information content (AvgIpc) is 3.37. The van der Waals surface area contributed by atoms with Crippen molar-refractivity contribution in [2.45, 2.75) is 18.8 Å². The lowest BCUT2D eigenvalue weighted by molar-refractivity contribution is 0.629. The topological polar surface area (TPSA) is 83.6 Å². The molecular weight excluding hydrogens is 377 g/mol. The summed E-state index contributed by atoms with van der Waals surface area (Å²) >= 11 is 6.47. The predicted octanol–water partition coefficient (Wildman–Crippen LogP) is 3.91. The maximum Gasteiger partial charge on any atom is 0.126 e. The minimum Gasteiger partial charge on any atom is -0.340 e. The van der Waals surface area contributed by atoms with E-state index in [1.54, 1.807) is 12.3 Å². The van der Waals surface area contributed by atoms with E-state index in [-0.39, 0.29) is 10.7 Å². The Morgan fingerprint density at radius 3 is 2.85 bits per heavy atom. The molecule has 1 aliphatic carbocycles. The van der Waals surface area contributed by atoms with Crippen molar-refractivity contribution in [1.29, 1.82) is 0 Å². The van der Waals surface area contributed by atoms with E-state index >= 15 is 0 Å². The molecule has 2 N–H and O–H groups in total. The number of nitrogens with zero attached hydrogens (tertiary/aromatic N) is 3. The summed E-state index contributed by atoms with van der Waals surface area (Å²) in [5, 5.41) is 0.255. The van der Waals surface area contributed by atoms with Gasteiger partial charge in [-0.25, -0.2) is 23.6 Å². The highest BCUT2D eigenvalue weighted by atomic mass is 35.5. The number of imidazole rings is 1. The van der Waals surface area contributed by atoms with Gasteiger partial charge in [-0.05, 0) is 31.0 Å². The van der Waals surface area contributed by atoms with Crippen LogP contribution < -0.4 is 4.72 Å². The van der Waals surface area contributed by atoms with Crippen LogP contribution in [-0.4, -0.2) is 30.4 Å². The van der Waals surface area contributed by atoms with Crippen LogP contribution >= 0.6 is 11.6 Å². The number of rotatable bonds is 5. The molecule has 3 aromatic rings. The van der Waals surface area contributed by atoms with Crippen molar-refractivity contribution >= 4 is 28.3 Å². The standard InChI is InChI=1S/C17H15ClFN5OS/c1-26(25)24-13-7-10(19)6-11(14(13)18)15-16(12-4-5-20-8-21-12)23-17(22-15)9-2-3-9/h4-9,24H,2-3H2,1H3,(H,22,23). The van der Waals surface area contributed by atoms with Gasteiger partial charge < -0.3 is 9.71 Å². The zero-order chi connectivity index (χ0) is 18.3. The molecule has 6 nitrogen and oxygen atoms in total. The molecule has 0 spiro atoms. The Morgan fingerprint density at radius 1 is 1.38 bits per heavy atom. The van der Waals surface area contributed by atoms with E-state index in [2.05, 4.69) is 24.7 Å². The number of H-pyrrole nitrogens is 1. The molecule has 1 saturated carbocycles. The summed E-state index contributed by atoms with van der Waals surface area (Å²) in [7, 11) is -1.38. The van der Waals surface area contributed by atoms with Crippen LogP contribution in [0.4, 0.5) is 10.1 Å². The Morgan fingerprint density at radius 2 is 2.19 bits per heavy atom. The number of anilines is 1. The van der Waals surface area contributed by atoms with E-state index in [9.17, 15) is 8.60 Å². The summed E-state index contributed by atoms with van der Waals surface area (Å²) in [5.41, 5.74) is 2.48. The third-order valence-corrected chi connectivity index (χ3v) is 4.99. The number of aromatic nitrogens is 4. The number of aromatic amines is 1. The van der Waals surface area contributed by atoms with E-state index in [0.29, 0.717) is 28.6 Å². The summed E-state index contributed by atoms with van der Waals surface area (Å²) < 4.78 is 28.4. The Bertz CT molecular complexity index is 990. The van der Waals surface area contributed by atoms with Gasteiger partial charge >= 0.3 is 0 Å². The van der Waals surface area contributed by atoms with Gasteiger partial charge in [-0.3, -0.25) is 0 Å². The second-order valence-electron chi connectivity index (χ2n) is 6.09. The molecule has 0 bridgehead atoms. The molecule has 1 fully saturated rings. The van der Waals surface area contributed by atoms with Crippen LogP contribution in [0.15, 0.2) is 30.7 Å². The second kappa shape index (κ2) is 6.77. The lowest BCUT2D eigenvalue weighted by Gasteiger charge is -2.10. The summed E-state index contributed by atoms with van der Waals surface area (Å²) in [6.45, 7) is 0. The van der Waals surface area contributed by atoms with Crippen LogP contribution in [0.5, 0.6) is 0 Å². The van der Waals surface area contributed by atoms with Crippen LogP contribution in [0.3, 0.4) is 0 Å². The van der Waals surface area contributed by atoms with Crippen LogP contribution in [0.1, 0.15) is 24.6 Å². The maximum absolute atomic E-state index is 14.2. The molecular formula is C17H15ClFN5OS. The highest BCUT2D eigenvalue weighted by molar-refractivity contribution is 7.85. The van der Waals surface area contributed by atoms with Gasteiger partial charge in [0.25, 0.3) is 0 Å². The third kappa shape index (κ3) is 3.34. The first-order valence-electron chi connectivity index (χ1n) is 7.98. The molecule has 1 aliphatic rings. The second-order valence-corrected chi connectivity index (χ2v) is 7.58. The zero-order valence-electron chi connectivity index (χ0n) is 13.8. The molecule has 9 heteroatoms. The molecule has 1 unspecified atom stereocenters. The molecule has 0 amide bonds. The third-order valence-electron chi connectivity index (χ3n) is 4.07. The lowest BCUT2D eigenvalue weighted by Crippen LogP contribution is -2.03. The highest BCUT2D eigenvalue weighted by Crippen LogP contribution is 2.43. The lowest BCUT2D eigenvalue weighted by atomic mass is 10.1. The quantitative estimate of drug-likeness (QED) is 0.690. The van der Waals surface area contributed by atoms with Crippen molar-refractivity contribution in [3.8, 4) is 22.6 Å². The number of benzene rings is 1. The van der Waals surface area contributed by atoms with Crippen molar-refractivity contribution in [3.05, 3.63) is 47.4 Å². The summed E-state index contributed by atoms with van der Waals surface area (Å²) in [4.78, 5) is 16.2. The van der Waals surface area contributed by atoms with Gasteiger partial charge in [-0.1, -0.05) is 11.6 Å². The van der Waals surface area contributed by atoms with Gasteiger partial charge in [0.05, 0.1) is 27.8 Å². The van der Waals surface area contributed by atoms with Crippen LogP contribution in [0.25, 0.3) is 22.6 Å². The number of halogens is 2. The molecule has 134 valence electrons. The Labute approximate surface area is 156 Å². The molecule has 0 radical (unpaired) electrons. The molecule has 26 heavy (non-hydrogen) atoms. The molecule has 1 aromatic carbocycles. The zero-order valence-corrected chi connectivity index (χ0v) is 15.4. The van der Waals surface area contributed by atoms with Gasteiger partial charge in [-0.2, -0.15) is 0 Å². The number of hydrogen-bond donors (Lipinski definition) is 2. The minimum absolute atomic E-state index is 0.255. The molecule has 2 heterocycles. The van der Waals surface area contributed by atoms with Gasteiger partial charge in [0, 0.05) is 23.9 Å². The monoisotopic (exact) mass is 391 g/mol. The predicted molar refractivity (Wildman–Crippen MR) is 99.7 cm³/mol. The van der Waals surface area contributed by atoms with Gasteiger partial charge in [0.2, 0.25) is 0 Å². The first kappa shape index (κ1) is 17.1. The first-order chi connectivity index (χ1) is 12.5. The van der Waals surface area contributed by atoms with Gasteiger partial charge in [0.15, 0.2) is 0 Å². The van der Waals surface area contributed by atoms with Crippen LogP contribution in [0.2, 0.25) is 5.02 Å². The van der Waals surface area contributed by atoms with Crippen molar-refractivity contribution in [2.24, 2.45) is 0 Å². The summed E-state index contributed by atoms with van der Waals surface area (Å²) in [6.07, 6.45) is 6.65. The van der Waals surface area contributed by atoms with Crippen molar-refractivity contribution in [2.75, 3.05) is 11.0 Å². The van der Waals surface area contributed by atoms with E-state index in [1.165, 1.54) is 24.7 Å². The van der Waals surface area contributed by atoms with Crippen molar-refractivity contribution in [1.82, 2.24) is 19.9 Å². The minimum atomic E-state index is -1.38. The SMILES string of the molecule is CS(=O)Nc1cc(F)cc(-c2nc(C3CC3)[nH]c2-c2ccncn2)c1Cl. The van der Waals surface area contributed by atoms with E-state index in [1.807, 2.05) is 0 Å². The normalized spacial score (nSPS) is 15.0. The fourth-order valence-electron chi connectivity index (χ4n) is 2.75. The van der Waals surface area contributed by atoms with Crippen molar-refractivity contribution in [3.63, 3.8) is 0 Å². The number of hydrogen-bond acceptors (Lipinski definition) is 4. The molecule has 0 saturated heterocycles. The van der Waals surface area contributed by atoms with E-state index in [0.717, 1.165) is 18.7 Å². The number of nitrogens with one attached hydrogen (secondary N) is 2. The molecule has 1 atom stereocenters. The smallest absolute Gasteiger partial charge is 0.126 e. The first-order valence-corrected chi connectivity index (χ1v) is 9.92. The summed E-state index contributed by atoms with van der Waals surface area (Å²) in [6, 6.07) is 4.29. The molecule has 4 rings (SSSR count). The molecule has 0 aliphatic heterocycles.